The fourth-order valence-electron chi connectivity index (χ4n) is 3.55. The zero-order valence-electron chi connectivity index (χ0n) is 14.8. The summed E-state index contributed by atoms with van der Waals surface area (Å²) in [6.07, 6.45) is 3.17. The molecule has 0 amide bonds. The summed E-state index contributed by atoms with van der Waals surface area (Å²) in [4.78, 5) is 19.5. The van der Waals surface area contributed by atoms with Crippen LogP contribution in [-0.2, 0) is 0 Å². The summed E-state index contributed by atoms with van der Waals surface area (Å²) in [6, 6.07) is 18.8. The predicted molar refractivity (Wildman–Crippen MR) is 107 cm³/mol. The van der Waals surface area contributed by atoms with Crippen molar-refractivity contribution in [1.82, 2.24) is 24.9 Å². The van der Waals surface area contributed by atoms with Crippen LogP contribution in [0.25, 0.3) is 33.2 Å². The number of benzene rings is 2. The predicted octanol–water partition coefficient (Wildman–Crippen LogP) is 4.67. The molecular weight excluding hydrogens is 336 g/mol. The number of anilines is 1. The SMILES string of the molecule is CC(Nc1ncnc2[nH]cnc12)c1[nH]c2ccccc2c1-c1ccccc1. The van der Waals surface area contributed by atoms with E-state index in [0.29, 0.717) is 5.82 Å². The summed E-state index contributed by atoms with van der Waals surface area (Å²) in [7, 11) is 0. The molecule has 0 saturated carbocycles. The van der Waals surface area contributed by atoms with Crippen molar-refractivity contribution in [2.75, 3.05) is 5.32 Å². The molecule has 5 aromatic rings. The lowest BCUT2D eigenvalue weighted by atomic mass is 9.99. The van der Waals surface area contributed by atoms with E-state index < -0.39 is 0 Å². The number of hydrogen-bond acceptors (Lipinski definition) is 4. The van der Waals surface area contributed by atoms with Gasteiger partial charge in [-0.25, -0.2) is 15.0 Å². The van der Waals surface area contributed by atoms with Crippen LogP contribution in [0.3, 0.4) is 0 Å². The van der Waals surface area contributed by atoms with Gasteiger partial charge < -0.3 is 15.3 Å². The van der Waals surface area contributed by atoms with Gasteiger partial charge in [-0.15, -0.1) is 0 Å². The van der Waals surface area contributed by atoms with E-state index in [0.717, 1.165) is 22.4 Å². The lowest BCUT2D eigenvalue weighted by molar-refractivity contribution is 0.848. The van der Waals surface area contributed by atoms with Crippen molar-refractivity contribution < 1.29 is 0 Å². The van der Waals surface area contributed by atoms with Crippen LogP contribution in [0.1, 0.15) is 18.7 Å². The van der Waals surface area contributed by atoms with E-state index in [4.69, 9.17) is 0 Å². The van der Waals surface area contributed by atoms with Gasteiger partial charge in [-0.2, -0.15) is 0 Å². The molecular formula is C21H18N6. The average molecular weight is 354 g/mol. The maximum atomic E-state index is 4.38. The third kappa shape index (κ3) is 2.62. The number of H-pyrrole nitrogens is 2. The first-order valence-electron chi connectivity index (χ1n) is 8.88. The second-order valence-electron chi connectivity index (χ2n) is 6.51. The summed E-state index contributed by atoms with van der Waals surface area (Å²) in [5.74, 6) is 0.714. The van der Waals surface area contributed by atoms with Gasteiger partial charge in [0.2, 0.25) is 0 Å². The molecule has 1 atom stereocenters. The Labute approximate surface area is 155 Å². The number of aromatic amines is 2. The second kappa shape index (κ2) is 6.25. The van der Waals surface area contributed by atoms with Crippen LogP contribution in [0.2, 0.25) is 0 Å². The summed E-state index contributed by atoms with van der Waals surface area (Å²) < 4.78 is 0. The summed E-state index contributed by atoms with van der Waals surface area (Å²) >= 11 is 0. The Morgan fingerprint density at radius 1 is 0.926 bits per heavy atom. The molecule has 3 aromatic heterocycles. The molecule has 0 aliphatic heterocycles. The third-order valence-electron chi connectivity index (χ3n) is 4.80. The van der Waals surface area contributed by atoms with E-state index in [-0.39, 0.29) is 6.04 Å². The Balaban J connectivity index is 1.63. The first-order chi connectivity index (χ1) is 13.3. The van der Waals surface area contributed by atoms with Crippen LogP contribution in [0.4, 0.5) is 5.82 Å². The highest BCUT2D eigenvalue weighted by atomic mass is 15.1. The van der Waals surface area contributed by atoms with E-state index in [9.17, 15) is 0 Å². The highest BCUT2D eigenvalue weighted by Crippen LogP contribution is 2.36. The molecule has 2 aromatic carbocycles. The molecule has 0 bridgehead atoms. The summed E-state index contributed by atoms with van der Waals surface area (Å²) in [5, 5.41) is 4.70. The molecule has 0 spiro atoms. The molecule has 1 unspecified atom stereocenters. The average Bonchev–Trinajstić information content (AvgIpc) is 3.34. The van der Waals surface area contributed by atoms with Gasteiger partial charge in [-0.05, 0) is 18.6 Å². The van der Waals surface area contributed by atoms with Crippen molar-refractivity contribution in [1.29, 1.82) is 0 Å². The normalized spacial score (nSPS) is 12.5. The van der Waals surface area contributed by atoms with E-state index in [1.165, 1.54) is 16.5 Å². The molecule has 5 rings (SSSR count). The number of rotatable bonds is 4. The maximum Gasteiger partial charge on any atom is 0.162 e. The fraction of sp³-hybridized carbons (Fsp3) is 0.0952. The fourth-order valence-corrected chi connectivity index (χ4v) is 3.55. The van der Waals surface area contributed by atoms with Crippen molar-refractivity contribution in [2.45, 2.75) is 13.0 Å². The molecule has 6 nitrogen and oxygen atoms in total. The molecule has 0 radical (unpaired) electrons. The van der Waals surface area contributed by atoms with Crippen LogP contribution >= 0.6 is 0 Å². The van der Waals surface area contributed by atoms with Crippen LogP contribution in [0.15, 0.2) is 67.3 Å². The molecule has 0 aliphatic rings. The lowest BCUT2D eigenvalue weighted by Gasteiger charge is -2.16. The van der Waals surface area contributed by atoms with Gasteiger partial charge in [0.25, 0.3) is 0 Å². The molecule has 132 valence electrons. The van der Waals surface area contributed by atoms with E-state index >= 15 is 0 Å². The van der Waals surface area contributed by atoms with E-state index in [1.807, 2.05) is 12.1 Å². The van der Waals surface area contributed by atoms with Crippen molar-refractivity contribution in [3.05, 3.63) is 72.9 Å². The number of hydrogen-bond donors (Lipinski definition) is 3. The molecule has 0 aliphatic carbocycles. The number of fused-ring (bicyclic) bond motifs is 2. The van der Waals surface area contributed by atoms with Gasteiger partial charge >= 0.3 is 0 Å². The Morgan fingerprint density at radius 2 is 1.74 bits per heavy atom. The molecule has 3 N–H and O–H groups in total. The number of aromatic nitrogens is 5. The standard InChI is InChI=1S/C21H18N6/c1-13(26-21-19-20(23-11-22-19)24-12-25-21)18-17(14-7-3-2-4-8-14)15-9-5-6-10-16(15)27-18/h2-13,27H,1H3,(H2,22,23,24,25,26). The molecule has 0 saturated heterocycles. The highest BCUT2D eigenvalue weighted by molar-refractivity contribution is 5.98. The number of nitrogens with one attached hydrogen (secondary N) is 3. The number of imidazole rings is 1. The lowest BCUT2D eigenvalue weighted by Crippen LogP contribution is -2.10. The Morgan fingerprint density at radius 3 is 2.63 bits per heavy atom. The maximum absolute atomic E-state index is 4.38. The number of nitrogens with zero attached hydrogens (tertiary/aromatic N) is 3. The van der Waals surface area contributed by atoms with Crippen LogP contribution in [0.5, 0.6) is 0 Å². The minimum atomic E-state index is 0.00223. The smallest absolute Gasteiger partial charge is 0.162 e. The third-order valence-corrected chi connectivity index (χ3v) is 4.80. The van der Waals surface area contributed by atoms with Gasteiger partial charge in [0.15, 0.2) is 11.5 Å². The quantitative estimate of drug-likeness (QED) is 0.438. The van der Waals surface area contributed by atoms with Gasteiger partial charge in [0, 0.05) is 22.2 Å². The molecule has 0 fully saturated rings. The number of para-hydroxylation sites is 1. The Hall–Kier alpha value is -3.67. The molecule has 6 heteroatoms. The first-order valence-corrected chi connectivity index (χ1v) is 8.88. The molecule has 3 heterocycles. The van der Waals surface area contributed by atoms with Gasteiger partial charge in [0.1, 0.15) is 11.8 Å². The monoisotopic (exact) mass is 354 g/mol. The zero-order valence-corrected chi connectivity index (χ0v) is 14.8. The highest BCUT2D eigenvalue weighted by Gasteiger charge is 2.19. The Kier molecular flexibility index (Phi) is 3.60. The van der Waals surface area contributed by atoms with Crippen molar-refractivity contribution in [3.63, 3.8) is 0 Å². The van der Waals surface area contributed by atoms with Crippen molar-refractivity contribution in [2.24, 2.45) is 0 Å². The van der Waals surface area contributed by atoms with Gasteiger partial charge in [-0.3, -0.25) is 0 Å². The second-order valence-corrected chi connectivity index (χ2v) is 6.51. The summed E-state index contributed by atoms with van der Waals surface area (Å²) in [5.41, 5.74) is 6.09. The van der Waals surface area contributed by atoms with Crippen LogP contribution in [-0.4, -0.2) is 24.9 Å². The van der Waals surface area contributed by atoms with Gasteiger partial charge in [0.05, 0.1) is 12.4 Å². The van der Waals surface area contributed by atoms with Crippen LogP contribution < -0.4 is 5.32 Å². The Bertz CT molecular complexity index is 1220. The minimum absolute atomic E-state index is 0.00223. The zero-order chi connectivity index (χ0) is 18.2. The van der Waals surface area contributed by atoms with Crippen molar-refractivity contribution in [3.8, 4) is 11.1 Å². The van der Waals surface area contributed by atoms with Crippen LogP contribution in [0, 0.1) is 0 Å². The minimum Gasteiger partial charge on any atom is -0.360 e. The summed E-state index contributed by atoms with van der Waals surface area (Å²) in [6.45, 7) is 2.12. The largest absolute Gasteiger partial charge is 0.360 e. The molecule has 27 heavy (non-hydrogen) atoms. The first kappa shape index (κ1) is 15.6. The van der Waals surface area contributed by atoms with E-state index in [2.05, 4.69) is 79.6 Å². The van der Waals surface area contributed by atoms with Crippen molar-refractivity contribution >= 4 is 27.9 Å². The topological polar surface area (TPSA) is 82.3 Å². The van der Waals surface area contributed by atoms with Gasteiger partial charge in [-0.1, -0.05) is 48.5 Å². The van der Waals surface area contributed by atoms with E-state index in [1.54, 1.807) is 12.7 Å².